The monoisotopic (exact) mass is 564 g/mol. The summed E-state index contributed by atoms with van der Waals surface area (Å²) in [5.41, 5.74) is -0.578. The Morgan fingerprint density at radius 3 is 1.73 bits per heavy atom. The van der Waals surface area contributed by atoms with Gasteiger partial charge in [-0.1, -0.05) is 0 Å². The maximum absolute atomic E-state index is 13.2. The molecule has 0 bridgehead atoms. The van der Waals surface area contributed by atoms with Gasteiger partial charge in [-0.15, -0.1) is 0 Å². The molecule has 0 unspecified atom stereocenters. The first-order chi connectivity index (χ1) is 19.4. The molecule has 2 aliphatic heterocycles. The number of benzene rings is 3. The molecule has 0 amide bonds. The van der Waals surface area contributed by atoms with Gasteiger partial charge in [0, 0.05) is 53.8 Å². The van der Waals surface area contributed by atoms with E-state index < -0.39 is 52.5 Å². The average Bonchev–Trinajstić information content (AvgIpc) is 3.03. The van der Waals surface area contributed by atoms with Gasteiger partial charge in [-0.05, 0) is 29.1 Å². The van der Waals surface area contributed by atoms with Crippen LogP contribution in [0.3, 0.4) is 0 Å². The highest BCUT2D eigenvalue weighted by Gasteiger charge is 2.36. The van der Waals surface area contributed by atoms with Crippen LogP contribution < -0.4 is 14.9 Å². The van der Waals surface area contributed by atoms with Crippen LogP contribution in [-0.4, -0.2) is 58.2 Å². The van der Waals surface area contributed by atoms with Crippen molar-refractivity contribution in [2.75, 3.05) is 0 Å². The number of ether oxygens (including phenoxy) is 2. The summed E-state index contributed by atoms with van der Waals surface area (Å²) in [4.78, 5) is 13.2. The van der Waals surface area contributed by atoms with Crippen LogP contribution in [0.25, 0.3) is 10.8 Å². The minimum atomic E-state index is -1.34. The zero-order valence-electron chi connectivity index (χ0n) is 21.0. The van der Waals surface area contributed by atoms with Crippen molar-refractivity contribution in [3.63, 3.8) is 0 Å². The Hall–Kier alpha value is -5.07. The molecule has 0 saturated heterocycles. The Kier molecular flexibility index (Phi) is 5.90. The van der Waals surface area contributed by atoms with Gasteiger partial charge in [-0.3, -0.25) is 4.79 Å². The van der Waals surface area contributed by atoms with Crippen LogP contribution in [0, 0.1) is 0 Å². The van der Waals surface area contributed by atoms with Crippen LogP contribution in [0.1, 0.15) is 34.5 Å². The van der Waals surface area contributed by atoms with Gasteiger partial charge in [0.05, 0.1) is 17.6 Å². The molecule has 0 aromatic heterocycles. The van der Waals surface area contributed by atoms with Gasteiger partial charge in [0.1, 0.15) is 40.6 Å². The predicted molar refractivity (Wildman–Crippen MR) is 141 cm³/mol. The molecular weight excluding hydrogens is 540 g/mol. The van der Waals surface area contributed by atoms with Crippen LogP contribution in [0.2, 0.25) is 0 Å². The Morgan fingerprint density at radius 1 is 0.610 bits per heavy atom. The van der Waals surface area contributed by atoms with Crippen LogP contribution in [0.15, 0.2) is 47.3 Å². The Morgan fingerprint density at radius 2 is 1.15 bits per heavy atom. The largest absolute Gasteiger partial charge is 0.508 e. The maximum Gasteiger partial charge on any atom is 0.231 e. The molecule has 41 heavy (non-hydrogen) atoms. The number of aromatic hydroxyl groups is 7. The van der Waals surface area contributed by atoms with E-state index in [9.17, 15) is 50.8 Å². The first-order valence-corrected chi connectivity index (χ1v) is 12.5. The lowest BCUT2D eigenvalue weighted by Gasteiger charge is -2.32. The first-order valence-electron chi connectivity index (χ1n) is 12.5. The highest BCUT2D eigenvalue weighted by Crippen LogP contribution is 2.47. The number of phenols is 6. The SMILES string of the molecule is O=c1c(O)cc([C@H]2Oc3cc(O)cc(O)c3C[C@H]2O)cc2c([C@H]3Oc4cc(O)cc(O)c4C[C@@H]3O)cc(O)c(O)c12. The highest BCUT2D eigenvalue weighted by atomic mass is 16.5. The summed E-state index contributed by atoms with van der Waals surface area (Å²) in [6.07, 6.45) is -5.40. The molecule has 12 heteroatoms. The van der Waals surface area contributed by atoms with Crippen molar-refractivity contribution in [3.8, 4) is 51.7 Å². The summed E-state index contributed by atoms with van der Waals surface area (Å²) in [6.45, 7) is 0. The summed E-state index contributed by atoms with van der Waals surface area (Å²) in [7, 11) is 0. The van der Waals surface area contributed by atoms with E-state index in [1.165, 1.54) is 18.2 Å². The van der Waals surface area contributed by atoms with Crippen molar-refractivity contribution < 1.29 is 55.4 Å². The second-order valence-electron chi connectivity index (χ2n) is 10.1. The van der Waals surface area contributed by atoms with Crippen molar-refractivity contribution >= 4 is 10.8 Å². The van der Waals surface area contributed by atoms with E-state index in [1.807, 2.05) is 0 Å². The molecule has 6 rings (SSSR count). The lowest BCUT2D eigenvalue weighted by molar-refractivity contribution is 0.0193. The van der Waals surface area contributed by atoms with E-state index >= 15 is 0 Å². The average molecular weight is 564 g/mol. The molecule has 4 aromatic rings. The van der Waals surface area contributed by atoms with E-state index in [-0.39, 0.29) is 75.0 Å². The molecule has 0 aliphatic carbocycles. The molecular formula is C29H24O12. The van der Waals surface area contributed by atoms with Gasteiger partial charge in [0.15, 0.2) is 23.4 Å². The van der Waals surface area contributed by atoms with Gasteiger partial charge in [0.25, 0.3) is 0 Å². The lowest BCUT2D eigenvalue weighted by Crippen LogP contribution is -2.31. The standard InChI is InChI=1S/C29H24O12/c30-11-3-17(32)15-8-21(36)28(40-23(15)5-11)10-1-13-14(7-20(35)27(39)25(13)26(38)19(34)2-10)29-22(37)9-16-18(33)4-12(31)6-24(16)41-29/h1-7,21-22,28-33,35-37,39H,8-9H2,(H,34,38)/t21-,22+,28-,29-/m1/s1. The lowest BCUT2D eigenvalue weighted by atomic mass is 9.90. The maximum atomic E-state index is 13.2. The minimum Gasteiger partial charge on any atom is -0.508 e. The van der Waals surface area contributed by atoms with Gasteiger partial charge in [-0.25, -0.2) is 0 Å². The molecule has 4 atom stereocenters. The molecule has 12 nitrogen and oxygen atoms in total. The molecule has 2 aliphatic rings. The Labute approximate surface area is 230 Å². The smallest absolute Gasteiger partial charge is 0.231 e. The fourth-order valence-corrected chi connectivity index (χ4v) is 5.52. The van der Waals surface area contributed by atoms with E-state index in [2.05, 4.69) is 0 Å². The normalized spacial score (nSPS) is 21.4. The van der Waals surface area contributed by atoms with E-state index in [0.29, 0.717) is 0 Å². The molecule has 4 aromatic carbocycles. The number of phenolic OH excluding ortho intramolecular Hbond substituents is 6. The van der Waals surface area contributed by atoms with Crippen LogP contribution in [0.4, 0.5) is 0 Å². The quantitative estimate of drug-likeness (QED) is 0.160. The molecule has 0 fully saturated rings. The zero-order valence-corrected chi connectivity index (χ0v) is 21.0. The van der Waals surface area contributed by atoms with E-state index in [0.717, 1.165) is 24.3 Å². The van der Waals surface area contributed by atoms with Crippen LogP contribution >= 0.6 is 0 Å². The van der Waals surface area contributed by atoms with Crippen molar-refractivity contribution in [1.82, 2.24) is 0 Å². The Bertz CT molecular complexity index is 1800. The summed E-state index contributed by atoms with van der Waals surface area (Å²) < 4.78 is 11.8. The summed E-state index contributed by atoms with van der Waals surface area (Å²) in [5.74, 6) is -3.57. The number of fused-ring (bicyclic) bond motifs is 3. The number of hydrogen-bond donors (Lipinski definition) is 9. The third-order valence-electron chi connectivity index (χ3n) is 7.43. The van der Waals surface area contributed by atoms with Crippen molar-refractivity contribution in [2.24, 2.45) is 0 Å². The van der Waals surface area contributed by atoms with Crippen molar-refractivity contribution in [1.29, 1.82) is 0 Å². The fourth-order valence-electron chi connectivity index (χ4n) is 5.52. The van der Waals surface area contributed by atoms with E-state index in [1.54, 1.807) is 0 Å². The molecule has 212 valence electrons. The summed E-state index contributed by atoms with van der Waals surface area (Å²) >= 11 is 0. The number of aliphatic hydroxyl groups is 2. The fraction of sp³-hybridized carbons (Fsp3) is 0.207. The molecule has 0 saturated carbocycles. The molecule has 2 heterocycles. The van der Waals surface area contributed by atoms with Crippen LogP contribution in [0.5, 0.6) is 51.7 Å². The molecule has 0 radical (unpaired) electrons. The number of hydrogen-bond acceptors (Lipinski definition) is 12. The Balaban J connectivity index is 1.56. The topological polar surface area (TPSA) is 218 Å². The van der Waals surface area contributed by atoms with Crippen LogP contribution in [-0.2, 0) is 12.8 Å². The second kappa shape index (κ2) is 9.25. The minimum absolute atomic E-state index is 0.00576. The number of rotatable bonds is 2. The molecule has 9 N–H and O–H groups in total. The summed E-state index contributed by atoms with van der Waals surface area (Å²) in [5, 5.41) is 93.5. The first kappa shape index (κ1) is 26.2. The van der Waals surface area contributed by atoms with Gasteiger partial charge < -0.3 is 55.4 Å². The van der Waals surface area contributed by atoms with Gasteiger partial charge >= 0.3 is 0 Å². The third kappa shape index (κ3) is 4.20. The van der Waals surface area contributed by atoms with Crippen molar-refractivity contribution in [2.45, 2.75) is 37.3 Å². The second-order valence-corrected chi connectivity index (χ2v) is 10.1. The third-order valence-corrected chi connectivity index (χ3v) is 7.43. The van der Waals surface area contributed by atoms with Gasteiger partial charge in [0.2, 0.25) is 5.43 Å². The van der Waals surface area contributed by atoms with Gasteiger partial charge in [-0.2, -0.15) is 0 Å². The highest BCUT2D eigenvalue weighted by molar-refractivity contribution is 5.94. The van der Waals surface area contributed by atoms with Crippen molar-refractivity contribution in [3.05, 3.63) is 74.9 Å². The summed E-state index contributed by atoms with van der Waals surface area (Å²) in [6, 6.07) is 8.05. The number of aliphatic hydroxyl groups excluding tert-OH is 2. The predicted octanol–water partition coefficient (Wildman–Crippen LogP) is 2.21. The zero-order chi connectivity index (χ0) is 29.3. The molecule has 0 spiro atoms. The van der Waals surface area contributed by atoms with E-state index in [4.69, 9.17) is 9.47 Å².